The number of furan rings is 1. The van der Waals surface area contributed by atoms with Crippen molar-refractivity contribution in [3.63, 3.8) is 0 Å². The van der Waals surface area contributed by atoms with Crippen LogP contribution in [0.5, 0.6) is 0 Å². The summed E-state index contributed by atoms with van der Waals surface area (Å²) in [6.07, 6.45) is 2.02. The molecule has 0 saturated carbocycles. The molecule has 339 valence electrons. The smallest absolute Gasteiger partial charge is 0.501 e. The molecule has 0 unspecified atom stereocenters. The Bertz CT molecular complexity index is 3290. The van der Waals surface area contributed by atoms with Gasteiger partial charge < -0.3 is 14.0 Å². The maximum Gasteiger partial charge on any atom is 0.653 e. The fraction of sp³-hybridized carbons (Fsp3) is 0.158. The van der Waals surface area contributed by atoms with Crippen molar-refractivity contribution in [1.82, 2.24) is 14.5 Å². The molecule has 3 aromatic heterocycles. The normalized spacial score (nSPS) is 11.9. The summed E-state index contributed by atoms with van der Waals surface area (Å²) in [6, 6.07) is 58.0. The van der Waals surface area contributed by atoms with Gasteiger partial charge in [0.2, 0.25) is 0 Å². The molecule has 7 aromatic carbocycles. The minimum Gasteiger partial charge on any atom is -0.501 e. The van der Waals surface area contributed by atoms with Crippen LogP contribution in [-0.2, 0) is 20.1 Å². The van der Waals surface area contributed by atoms with E-state index in [2.05, 4.69) is 148 Å². The second-order valence-electron chi connectivity index (χ2n) is 18.4. The summed E-state index contributed by atoms with van der Waals surface area (Å²) < 4.78 is 49.8. The Hall–Kier alpha value is -6.17. The summed E-state index contributed by atoms with van der Waals surface area (Å²) in [5, 5.41) is 2.14. The molecule has 1 radical (unpaired) electrons. The number of pyridine rings is 1. The molecule has 0 atom stereocenters. The summed E-state index contributed by atoms with van der Waals surface area (Å²) in [4.78, 5) is 9.67. The second kappa shape index (κ2) is 19.2. The van der Waals surface area contributed by atoms with Crippen molar-refractivity contribution in [1.29, 1.82) is 0 Å². The largest absolute Gasteiger partial charge is 0.653 e. The summed E-state index contributed by atoms with van der Waals surface area (Å²) in [7, 11) is -7.25. The molecule has 4 nitrogen and oxygen atoms in total. The molecule has 0 spiro atoms. The van der Waals surface area contributed by atoms with Crippen LogP contribution in [0.2, 0.25) is 19.6 Å². The number of para-hydroxylation sites is 2. The van der Waals surface area contributed by atoms with Gasteiger partial charge in [-0.05, 0) is 86.4 Å². The molecule has 0 aliphatic rings. The van der Waals surface area contributed by atoms with E-state index < -0.39 is 22.3 Å². The van der Waals surface area contributed by atoms with E-state index in [0.717, 1.165) is 56.6 Å². The molecule has 10 heteroatoms. The van der Waals surface area contributed by atoms with Gasteiger partial charge in [-0.15, -0.1) is 54.1 Å². The van der Waals surface area contributed by atoms with E-state index in [1.165, 1.54) is 33.5 Å². The SMILES string of the molecule is CC(C)c1cc(-c2ccc(-c3ccccc3)cc2)cc(C(C)C)c1-n1c(-c2[c-]ccc3c2oc2cc([Si](F)(F)F)ccc23)nc2ccccc21.C[Si](C)(C)c1ccc(-c2[c-]cccc2)nc1.[Ir]. The first kappa shape index (κ1) is 47.3. The Kier molecular flexibility index (Phi) is 13.6. The molecule has 10 rings (SSSR count). The molecule has 0 saturated heterocycles. The minimum atomic E-state index is -6.02. The van der Waals surface area contributed by atoms with E-state index in [1.54, 1.807) is 6.07 Å². The van der Waals surface area contributed by atoms with Gasteiger partial charge in [-0.3, -0.25) is 4.98 Å². The molecule has 3 heterocycles. The topological polar surface area (TPSA) is 43.9 Å². The molecule has 0 bridgehead atoms. The monoisotopic (exact) mass is 1100 g/mol. The molecule has 10 aromatic rings. The van der Waals surface area contributed by atoms with Crippen LogP contribution in [-0.4, -0.2) is 31.7 Å². The molecule has 0 amide bonds. The van der Waals surface area contributed by atoms with Crippen LogP contribution in [0.3, 0.4) is 0 Å². The predicted molar refractivity (Wildman–Crippen MR) is 272 cm³/mol. The van der Waals surface area contributed by atoms with Crippen LogP contribution in [0.15, 0.2) is 168 Å². The van der Waals surface area contributed by atoms with Gasteiger partial charge in [-0.2, -0.15) is 0 Å². The zero-order valence-corrected chi connectivity index (χ0v) is 42.9. The number of imidazole rings is 1. The van der Waals surface area contributed by atoms with Gasteiger partial charge in [-0.1, -0.05) is 149 Å². The third-order valence-electron chi connectivity index (χ3n) is 12.1. The number of fused-ring (bicyclic) bond motifs is 4. The van der Waals surface area contributed by atoms with Crippen molar-refractivity contribution < 1.29 is 36.8 Å². The standard InChI is InChI=1S/C43H34F3N2OSi.C14H16NSi.Ir/c1-26(2)36-23-31(30-19-17-29(18-20-30)28-11-6-5-7-12-28)24-37(27(3)4)41(36)48-39-16-9-8-15-38(39)47-43(48)35-14-10-13-34-33-22-21-32(50(44,45)46)25-40(33)49-42(34)35;1-16(2,3)13-9-10-14(15-11-13)12-7-5-4-6-8-12;/h5-13,15-27H,1-4H3;4-7,9-11H,1-3H3;/q2*-1;. The van der Waals surface area contributed by atoms with Crippen LogP contribution in [0, 0.1) is 12.1 Å². The zero-order chi connectivity index (χ0) is 46.3. The number of benzene rings is 7. The van der Waals surface area contributed by atoms with Crippen LogP contribution >= 0.6 is 0 Å². The van der Waals surface area contributed by atoms with Gasteiger partial charge in [0.05, 0.1) is 30.5 Å². The summed E-state index contributed by atoms with van der Waals surface area (Å²) in [5.41, 5.74) is 13.1. The predicted octanol–water partition coefficient (Wildman–Crippen LogP) is 15.1. The van der Waals surface area contributed by atoms with Crippen LogP contribution < -0.4 is 10.4 Å². The zero-order valence-electron chi connectivity index (χ0n) is 38.5. The van der Waals surface area contributed by atoms with E-state index in [9.17, 15) is 12.3 Å². The average molecular weight is 1100 g/mol. The van der Waals surface area contributed by atoms with E-state index in [4.69, 9.17) is 9.40 Å². The van der Waals surface area contributed by atoms with Gasteiger partial charge >= 0.3 is 9.08 Å². The summed E-state index contributed by atoms with van der Waals surface area (Å²) >= 11 is 0. The maximum absolute atomic E-state index is 13.8. The van der Waals surface area contributed by atoms with Crippen molar-refractivity contribution in [2.75, 3.05) is 0 Å². The first-order chi connectivity index (χ1) is 31.7. The Balaban J connectivity index is 0.000000303. The van der Waals surface area contributed by atoms with Gasteiger partial charge in [0.15, 0.2) is 0 Å². The summed E-state index contributed by atoms with van der Waals surface area (Å²) in [5.74, 6) is 0.956. The molecular weight excluding hydrogens is 1050 g/mol. The quantitative estimate of drug-likeness (QED) is 0.0822. The van der Waals surface area contributed by atoms with Crippen LogP contribution in [0.4, 0.5) is 12.3 Å². The maximum atomic E-state index is 13.8. The molecule has 67 heavy (non-hydrogen) atoms. The minimum absolute atomic E-state index is 0. The van der Waals surface area contributed by atoms with Crippen molar-refractivity contribution >= 4 is 60.5 Å². The third kappa shape index (κ3) is 9.67. The Labute approximate surface area is 406 Å². The van der Waals surface area contributed by atoms with Crippen molar-refractivity contribution in [3.8, 4) is 50.6 Å². The molecular formula is C57H50F3IrN3OSi2-2. The van der Waals surface area contributed by atoms with E-state index in [-0.39, 0.29) is 37.5 Å². The fourth-order valence-electron chi connectivity index (χ4n) is 8.52. The Morgan fingerprint density at radius 3 is 1.84 bits per heavy atom. The summed E-state index contributed by atoms with van der Waals surface area (Å²) in [6.45, 7) is 15.8. The van der Waals surface area contributed by atoms with E-state index in [1.807, 2.05) is 60.8 Å². The number of halogens is 3. The Morgan fingerprint density at radius 1 is 0.597 bits per heavy atom. The molecule has 0 aliphatic carbocycles. The van der Waals surface area contributed by atoms with E-state index in [0.29, 0.717) is 22.4 Å². The molecule has 0 fully saturated rings. The van der Waals surface area contributed by atoms with Crippen molar-refractivity contribution in [2.45, 2.75) is 59.2 Å². The van der Waals surface area contributed by atoms with Crippen LogP contribution in [0.25, 0.3) is 83.6 Å². The number of rotatable bonds is 9. The average Bonchev–Trinajstić information content (AvgIpc) is 3.90. The second-order valence-corrected chi connectivity index (χ2v) is 25.0. The molecule has 0 N–H and O–H groups in total. The number of aromatic nitrogens is 3. The van der Waals surface area contributed by atoms with Gasteiger partial charge in [-0.25, -0.2) is 12.3 Å². The van der Waals surface area contributed by atoms with Gasteiger partial charge in [0, 0.05) is 42.6 Å². The van der Waals surface area contributed by atoms with Gasteiger partial charge in [0.25, 0.3) is 0 Å². The third-order valence-corrected chi connectivity index (χ3v) is 15.1. The van der Waals surface area contributed by atoms with E-state index >= 15 is 0 Å². The first-order valence-corrected chi connectivity index (χ1v) is 27.5. The van der Waals surface area contributed by atoms with Crippen molar-refractivity contribution in [2.24, 2.45) is 0 Å². The van der Waals surface area contributed by atoms with Crippen LogP contribution in [0.1, 0.15) is 50.7 Å². The van der Waals surface area contributed by atoms with Crippen molar-refractivity contribution in [3.05, 3.63) is 187 Å². The fourth-order valence-corrected chi connectivity index (χ4v) is 10.1. The molecule has 0 aliphatic heterocycles. The number of hydrogen-bond acceptors (Lipinski definition) is 3. The Morgan fingerprint density at radius 2 is 1.22 bits per heavy atom. The number of hydrogen-bond donors (Lipinski definition) is 0. The first-order valence-electron chi connectivity index (χ1n) is 22.4. The number of nitrogens with zero attached hydrogens (tertiary/aromatic N) is 3. The van der Waals surface area contributed by atoms with Gasteiger partial charge in [0.1, 0.15) is 5.58 Å².